The molecule has 33 heavy (non-hydrogen) atoms. The largest absolute Gasteiger partial charge is 0.495 e. The number of rotatable bonds is 5. The van der Waals surface area contributed by atoms with E-state index in [-0.39, 0.29) is 12.1 Å². The molecule has 5 rings (SSSR count). The minimum absolute atomic E-state index is 0.0904. The summed E-state index contributed by atoms with van der Waals surface area (Å²) in [5, 5.41) is 4.20. The first-order valence-electron chi connectivity index (χ1n) is 11.0. The van der Waals surface area contributed by atoms with E-state index in [2.05, 4.69) is 76.1 Å². The van der Waals surface area contributed by atoms with Gasteiger partial charge in [0.05, 0.1) is 30.6 Å². The summed E-state index contributed by atoms with van der Waals surface area (Å²) in [6.45, 7) is 4.32. The highest BCUT2D eigenvalue weighted by molar-refractivity contribution is 7.80. The first-order chi connectivity index (χ1) is 16.1. The Hall–Kier alpha value is -3.64. The Morgan fingerprint density at radius 1 is 0.939 bits per heavy atom. The molecule has 0 unspecified atom stereocenters. The smallest absolute Gasteiger partial charge is 0.174 e. The van der Waals surface area contributed by atoms with Crippen molar-refractivity contribution in [2.45, 2.75) is 25.9 Å². The third kappa shape index (κ3) is 3.66. The first kappa shape index (κ1) is 21.2. The number of nitrogens with one attached hydrogen (secondary N) is 1. The van der Waals surface area contributed by atoms with Crippen LogP contribution in [-0.2, 0) is 0 Å². The van der Waals surface area contributed by atoms with Gasteiger partial charge in [-0.05, 0) is 74.1 Å². The molecule has 1 aliphatic heterocycles. The Bertz CT molecular complexity index is 1290. The number of thiocarbonyl (C=S) groups is 1. The van der Waals surface area contributed by atoms with E-state index in [1.165, 1.54) is 17.0 Å². The summed E-state index contributed by atoms with van der Waals surface area (Å²) >= 11 is 5.89. The van der Waals surface area contributed by atoms with Crippen LogP contribution in [0.2, 0.25) is 0 Å². The molecule has 1 fully saturated rings. The van der Waals surface area contributed by atoms with Gasteiger partial charge in [0.25, 0.3) is 0 Å². The van der Waals surface area contributed by atoms with E-state index < -0.39 is 0 Å². The molecule has 0 spiro atoms. The van der Waals surface area contributed by atoms with Gasteiger partial charge in [0.1, 0.15) is 5.75 Å². The van der Waals surface area contributed by atoms with Crippen molar-refractivity contribution in [3.8, 4) is 11.4 Å². The average Bonchev–Trinajstić information content (AvgIpc) is 3.35. The summed E-state index contributed by atoms with van der Waals surface area (Å²) in [5.74, 6) is 0.783. The number of anilines is 1. The lowest BCUT2D eigenvalue weighted by atomic mass is 9.96. The maximum Gasteiger partial charge on any atom is 0.174 e. The van der Waals surface area contributed by atoms with Crippen molar-refractivity contribution in [3.63, 3.8) is 0 Å². The summed E-state index contributed by atoms with van der Waals surface area (Å²) in [6.07, 6.45) is 1.83. The fourth-order valence-corrected chi connectivity index (χ4v) is 5.16. The number of benzene rings is 2. The van der Waals surface area contributed by atoms with Crippen molar-refractivity contribution in [1.29, 1.82) is 0 Å². The molecular weight excluding hydrogens is 428 g/mol. The number of hydrogen-bond donors (Lipinski definition) is 1. The van der Waals surface area contributed by atoms with E-state index in [0.29, 0.717) is 5.11 Å². The zero-order valence-electron chi connectivity index (χ0n) is 18.9. The highest BCUT2D eigenvalue weighted by Crippen LogP contribution is 2.46. The molecule has 2 aromatic heterocycles. The van der Waals surface area contributed by atoms with Gasteiger partial charge in [-0.3, -0.25) is 4.98 Å². The highest BCUT2D eigenvalue weighted by atomic mass is 32.1. The summed E-state index contributed by atoms with van der Waals surface area (Å²) < 4.78 is 8.01. The van der Waals surface area contributed by atoms with E-state index >= 15 is 0 Å². The number of aryl methyl sites for hydroxylation is 1. The van der Waals surface area contributed by atoms with Crippen molar-refractivity contribution in [2.75, 3.05) is 12.0 Å². The van der Waals surface area contributed by atoms with E-state index in [9.17, 15) is 0 Å². The van der Waals surface area contributed by atoms with Crippen molar-refractivity contribution in [2.24, 2.45) is 0 Å². The Morgan fingerprint density at radius 2 is 1.67 bits per heavy atom. The molecule has 2 atom stereocenters. The SMILES string of the molecule is COc1ccccc1N1C(=S)N[C@@H](c2ccccn2)[C@@H]1c1cc(C)n(-c2ccccc2)c1C. The lowest BCUT2D eigenvalue weighted by Gasteiger charge is -2.29. The van der Waals surface area contributed by atoms with Crippen LogP contribution >= 0.6 is 12.2 Å². The van der Waals surface area contributed by atoms with Gasteiger partial charge in [0.15, 0.2) is 5.11 Å². The number of ether oxygens (including phenoxy) is 1. The van der Waals surface area contributed by atoms with E-state index in [1.54, 1.807) is 7.11 Å². The van der Waals surface area contributed by atoms with Crippen LogP contribution in [0.4, 0.5) is 5.69 Å². The zero-order chi connectivity index (χ0) is 22.9. The maximum absolute atomic E-state index is 5.89. The lowest BCUT2D eigenvalue weighted by molar-refractivity contribution is 0.414. The molecule has 5 nitrogen and oxygen atoms in total. The van der Waals surface area contributed by atoms with Crippen LogP contribution in [0.25, 0.3) is 5.69 Å². The van der Waals surface area contributed by atoms with Gasteiger partial charge in [-0.15, -0.1) is 0 Å². The predicted octanol–water partition coefficient (Wildman–Crippen LogP) is 5.67. The van der Waals surface area contributed by atoms with Crippen LogP contribution in [0.5, 0.6) is 5.75 Å². The number of pyridine rings is 1. The fraction of sp³-hybridized carbons (Fsp3) is 0.185. The summed E-state index contributed by atoms with van der Waals surface area (Å²) in [5.41, 5.74) is 6.58. The Balaban J connectivity index is 1.71. The van der Waals surface area contributed by atoms with Gasteiger partial charge in [-0.1, -0.05) is 36.4 Å². The summed E-state index contributed by atoms with van der Waals surface area (Å²) in [4.78, 5) is 6.84. The fourth-order valence-electron chi connectivity index (χ4n) is 4.82. The molecule has 1 aliphatic rings. The third-order valence-electron chi connectivity index (χ3n) is 6.25. The third-order valence-corrected chi connectivity index (χ3v) is 6.56. The molecule has 0 amide bonds. The van der Waals surface area contributed by atoms with E-state index in [1.807, 2.05) is 42.6 Å². The molecule has 6 heteroatoms. The van der Waals surface area contributed by atoms with Gasteiger partial charge in [0, 0.05) is 23.3 Å². The quantitative estimate of drug-likeness (QED) is 0.393. The zero-order valence-corrected chi connectivity index (χ0v) is 19.7. The number of hydrogen-bond acceptors (Lipinski definition) is 3. The van der Waals surface area contributed by atoms with Crippen LogP contribution in [0.1, 0.15) is 34.7 Å². The van der Waals surface area contributed by atoms with Crippen LogP contribution < -0.4 is 15.0 Å². The van der Waals surface area contributed by atoms with Crippen LogP contribution in [-0.4, -0.2) is 21.8 Å². The van der Waals surface area contributed by atoms with Crippen molar-refractivity contribution >= 4 is 23.0 Å². The molecule has 2 aromatic carbocycles. The lowest BCUT2D eigenvalue weighted by Crippen LogP contribution is -2.30. The molecule has 1 saturated heterocycles. The van der Waals surface area contributed by atoms with Gasteiger partial charge < -0.3 is 19.5 Å². The Morgan fingerprint density at radius 3 is 2.39 bits per heavy atom. The van der Waals surface area contributed by atoms with Crippen LogP contribution in [0.3, 0.4) is 0 Å². The van der Waals surface area contributed by atoms with Gasteiger partial charge in [-0.25, -0.2) is 0 Å². The van der Waals surface area contributed by atoms with Gasteiger partial charge in [0.2, 0.25) is 0 Å². The van der Waals surface area contributed by atoms with Gasteiger partial charge in [-0.2, -0.15) is 0 Å². The second-order valence-electron chi connectivity index (χ2n) is 8.17. The normalized spacial score (nSPS) is 17.8. The topological polar surface area (TPSA) is 42.3 Å². The monoisotopic (exact) mass is 454 g/mol. The second-order valence-corrected chi connectivity index (χ2v) is 8.55. The maximum atomic E-state index is 5.89. The second kappa shape index (κ2) is 8.71. The molecule has 0 saturated carbocycles. The highest BCUT2D eigenvalue weighted by Gasteiger charge is 2.43. The molecule has 4 aromatic rings. The minimum Gasteiger partial charge on any atom is -0.495 e. The minimum atomic E-state index is -0.103. The Kier molecular flexibility index (Phi) is 5.60. The number of methoxy groups -OCH3 is 1. The van der Waals surface area contributed by atoms with Crippen molar-refractivity contribution in [1.82, 2.24) is 14.9 Å². The van der Waals surface area contributed by atoms with E-state index in [4.69, 9.17) is 17.0 Å². The average molecular weight is 455 g/mol. The molecule has 0 radical (unpaired) electrons. The molecular formula is C27H26N4OS. The number of aromatic nitrogens is 2. The first-order valence-corrected chi connectivity index (χ1v) is 11.4. The molecule has 166 valence electrons. The van der Waals surface area contributed by atoms with Crippen LogP contribution in [0, 0.1) is 13.8 Å². The molecule has 3 heterocycles. The van der Waals surface area contributed by atoms with Gasteiger partial charge >= 0.3 is 0 Å². The molecule has 0 aliphatic carbocycles. The van der Waals surface area contributed by atoms with Crippen molar-refractivity contribution in [3.05, 3.63) is 108 Å². The van der Waals surface area contributed by atoms with Crippen LogP contribution in [0.15, 0.2) is 85.1 Å². The molecule has 1 N–H and O–H groups in total. The Labute approximate surface area is 199 Å². The standard InChI is InChI=1S/C27H26N4OS/c1-18-17-21(19(2)30(18)20-11-5-4-6-12-20)26-25(22-13-9-10-16-28-22)29-27(33)31(26)23-14-7-8-15-24(23)32-3/h4-17,25-26H,1-3H3,(H,29,33)/t25-,26-/m0/s1. The number of para-hydroxylation sites is 3. The van der Waals surface area contributed by atoms with Crippen molar-refractivity contribution < 1.29 is 4.74 Å². The summed E-state index contributed by atoms with van der Waals surface area (Å²) in [6, 6.07) is 26.5. The summed E-state index contributed by atoms with van der Waals surface area (Å²) in [7, 11) is 1.69. The number of nitrogens with zero attached hydrogens (tertiary/aromatic N) is 3. The van der Waals surface area contributed by atoms with E-state index in [0.717, 1.165) is 22.8 Å². The predicted molar refractivity (Wildman–Crippen MR) is 136 cm³/mol. The molecule has 0 bridgehead atoms.